The first-order valence-corrected chi connectivity index (χ1v) is 14.2. The Kier molecular flexibility index (Phi) is 6.84. The van der Waals surface area contributed by atoms with Gasteiger partial charge >= 0.3 is 5.97 Å². The summed E-state index contributed by atoms with van der Waals surface area (Å²) in [5, 5.41) is 2.43. The highest BCUT2D eigenvalue weighted by molar-refractivity contribution is 5.92. The van der Waals surface area contributed by atoms with E-state index in [1.165, 1.54) is 62.0 Å². The van der Waals surface area contributed by atoms with E-state index < -0.39 is 0 Å². The molecule has 0 aliphatic heterocycles. The van der Waals surface area contributed by atoms with Gasteiger partial charge in [0, 0.05) is 5.56 Å². The molecule has 4 nitrogen and oxygen atoms in total. The lowest BCUT2D eigenvalue weighted by Crippen LogP contribution is -2.48. The number of methoxy groups -OCH3 is 1. The van der Waals surface area contributed by atoms with Crippen molar-refractivity contribution in [2.24, 2.45) is 17.8 Å². The summed E-state index contributed by atoms with van der Waals surface area (Å²) in [7, 11) is 1.41. The maximum atomic E-state index is 11.9. The normalized spacial score (nSPS) is 25.2. The SMILES string of the molecule is COC(=O)c1ccc(-c2ccc3cc(OCCCCC=C=O)c(C45CC6CC(CC(C6)C4)C5)cc3c2)cc1. The quantitative estimate of drug-likeness (QED) is 0.169. The van der Waals surface area contributed by atoms with E-state index in [-0.39, 0.29) is 11.4 Å². The molecule has 0 saturated heterocycles. The fourth-order valence-corrected chi connectivity index (χ4v) is 7.94. The van der Waals surface area contributed by atoms with Crippen LogP contribution in [-0.4, -0.2) is 25.6 Å². The van der Waals surface area contributed by atoms with Gasteiger partial charge in [-0.2, -0.15) is 0 Å². The number of unbranched alkanes of at least 4 members (excludes halogenated alkanes) is 2. The maximum absolute atomic E-state index is 11.9. The van der Waals surface area contributed by atoms with E-state index in [1.54, 1.807) is 6.08 Å². The molecule has 0 atom stereocenters. The summed E-state index contributed by atoms with van der Waals surface area (Å²) >= 11 is 0. The van der Waals surface area contributed by atoms with Crippen molar-refractivity contribution in [1.29, 1.82) is 0 Å². The molecule has 4 fully saturated rings. The van der Waals surface area contributed by atoms with Crippen LogP contribution in [0.5, 0.6) is 5.75 Å². The Labute approximate surface area is 225 Å². The molecule has 4 saturated carbocycles. The number of ether oxygens (including phenoxy) is 2. The number of hydrogen-bond donors (Lipinski definition) is 0. The molecule has 7 rings (SSSR count). The molecular formula is C34H36O4. The summed E-state index contributed by atoms with van der Waals surface area (Å²) in [5.41, 5.74) is 4.43. The molecule has 4 aliphatic rings. The van der Waals surface area contributed by atoms with Crippen LogP contribution in [0.15, 0.2) is 60.7 Å². The van der Waals surface area contributed by atoms with Crippen molar-refractivity contribution in [2.45, 2.75) is 63.2 Å². The summed E-state index contributed by atoms with van der Waals surface area (Å²) in [6.07, 6.45) is 12.3. The predicted octanol–water partition coefficient (Wildman–Crippen LogP) is 7.70. The highest BCUT2D eigenvalue weighted by atomic mass is 16.5. The topological polar surface area (TPSA) is 52.6 Å². The third-order valence-electron chi connectivity index (χ3n) is 9.27. The second-order valence-corrected chi connectivity index (χ2v) is 11.8. The van der Waals surface area contributed by atoms with Crippen molar-refractivity contribution in [3.8, 4) is 16.9 Å². The van der Waals surface area contributed by atoms with E-state index in [4.69, 9.17) is 9.47 Å². The van der Waals surface area contributed by atoms with E-state index >= 15 is 0 Å². The number of fused-ring (bicyclic) bond motifs is 1. The van der Waals surface area contributed by atoms with Crippen molar-refractivity contribution in [3.05, 3.63) is 71.8 Å². The van der Waals surface area contributed by atoms with Crippen molar-refractivity contribution in [1.82, 2.24) is 0 Å². The number of carbonyl (C=O) groups is 1. The Bertz CT molecular complexity index is 1340. The molecule has 4 bridgehead atoms. The molecule has 0 aromatic heterocycles. The van der Waals surface area contributed by atoms with Crippen LogP contribution < -0.4 is 4.74 Å². The van der Waals surface area contributed by atoms with Crippen LogP contribution in [0.4, 0.5) is 0 Å². The van der Waals surface area contributed by atoms with Gasteiger partial charge in [-0.3, -0.25) is 0 Å². The van der Waals surface area contributed by atoms with Gasteiger partial charge in [-0.15, -0.1) is 0 Å². The van der Waals surface area contributed by atoms with Gasteiger partial charge in [0.2, 0.25) is 0 Å². The highest BCUT2D eigenvalue weighted by Crippen LogP contribution is 2.62. The molecule has 0 spiro atoms. The minimum Gasteiger partial charge on any atom is -0.493 e. The smallest absolute Gasteiger partial charge is 0.337 e. The molecule has 0 unspecified atom stereocenters. The molecule has 3 aromatic carbocycles. The molecule has 0 amide bonds. The largest absolute Gasteiger partial charge is 0.493 e. The monoisotopic (exact) mass is 508 g/mol. The Morgan fingerprint density at radius 1 is 0.895 bits per heavy atom. The molecule has 0 N–H and O–H groups in total. The van der Waals surface area contributed by atoms with Crippen LogP contribution >= 0.6 is 0 Å². The number of carbonyl (C=O) groups excluding carboxylic acids is 2. The summed E-state index contributed by atoms with van der Waals surface area (Å²) in [6, 6.07) is 18.9. The number of rotatable bonds is 9. The molecule has 4 heteroatoms. The van der Waals surface area contributed by atoms with E-state index in [0.717, 1.165) is 53.9 Å². The van der Waals surface area contributed by atoms with E-state index in [9.17, 15) is 9.59 Å². The Morgan fingerprint density at radius 2 is 1.58 bits per heavy atom. The average molecular weight is 509 g/mol. The predicted molar refractivity (Wildman–Crippen MR) is 150 cm³/mol. The number of benzene rings is 3. The van der Waals surface area contributed by atoms with Gasteiger partial charge in [-0.25, -0.2) is 9.59 Å². The van der Waals surface area contributed by atoms with Crippen LogP contribution in [0.2, 0.25) is 0 Å². The third kappa shape index (κ3) is 4.78. The Hall–Kier alpha value is -3.36. The Morgan fingerprint density at radius 3 is 2.24 bits per heavy atom. The maximum Gasteiger partial charge on any atom is 0.337 e. The summed E-state index contributed by atoms with van der Waals surface area (Å²) < 4.78 is 11.4. The zero-order valence-corrected chi connectivity index (χ0v) is 22.2. The molecule has 196 valence electrons. The van der Waals surface area contributed by atoms with Gasteiger partial charge in [-0.05, 0) is 139 Å². The molecular weight excluding hydrogens is 472 g/mol. The van der Waals surface area contributed by atoms with Crippen molar-refractivity contribution in [2.75, 3.05) is 13.7 Å². The standard InChI is InChI=1S/C34H36O4/c1-37-33(36)27-8-6-26(7-9-27)28-10-11-29-19-32(38-13-5-3-2-4-12-35)31(18-30(29)17-28)34-20-23-14-24(21-34)16-25(15-23)22-34/h4,6-11,17-19,23-25H,2-3,5,13-16,20-22H2,1H3. The van der Waals surface area contributed by atoms with Gasteiger partial charge in [-0.1, -0.05) is 24.3 Å². The van der Waals surface area contributed by atoms with E-state index in [0.29, 0.717) is 12.2 Å². The Balaban J connectivity index is 1.35. The first-order valence-electron chi connectivity index (χ1n) is 14.2. The van der Waals surface area contributed by atoms with Crippen molar-refractivity contribution < 1.29 is 19.1 Å². The number of allylic oxidation sites excluding steroid dienone is 1. The molecule has 3 aromatic rings. The average Bonchev–Trinajstić information content (AvgIpc) is 2.93. The lowest BCUT2D eigenvalue weighted by atomic mass is 9.48. The fraction of sp³-hybridized carbons (Fsp3) is 0.441. The second kappa shape index (κ2) is 10.4. The van der Waals surface area contributed by atoms with E-state index in [1.807, 2.05) is 30.2 Å². The van der Waals surface area contributed by atoms with Crippen LogP contribution in [0, 0.1) is 17.8 Å². The molecule has 38 heavy (non-hydrogen) atoms. The first-order chi connectivity index (χ1) is 18.6. The second-order valence-electron chi connectivity index (χ2n) is 11.8. The lowest BCUT2D eigenvalue weighted by molar-refractivity contribution is -0.00633. The highest BCUT2D eigenvalue weighted by Gasteiger charge is 2.52. The zero-order valence-electron chi connectivity index (χ0n) is 22.2. The first kappa shape index (κ1) is 24.9. The number of hydrogen-bond acceptors (Lipinski definition) is 4. The summed E-state index contributed by atoms with van der Waals surface area (Å²) in [6.45, 7) is 0.669. The zero-order chi connectivity index (χ0) is 26.1. The van der Waals surface area contributed by atoms with Gasteiger partial charge in [0.25, 0.3) is 0 Å². The third-order valence-corrected chi connectivity index (χ3v) is 9.27. The summed E-state index contributed by atoms with van der Waals surface area (Å²) in [5.74, 6) is 5.19. The summed E-state index contributed by atoms with van der Waals surface area (Å²) in [4.78, 5) is 22.3. The molecule has 0 radical (unpaired) electrons. The van der Waals surface area contributed by atoms with Gasteiger partial charge in [0.1, 0.15) is 11.7 Å². The van der Waals surface area contributed by atoms with E-state index in [2.05, 4.69) is 30.3 Å². The minimum absolute atomic E-state index is 0.233. The minimum atomic E-state index is -0.317. The van der Waals surface area contributed by atoms with Crippen LogP contribution in [0.1, 0.15) is 73.7 Å². The van der Waals surface area contributed by atoms with Crippen molar-refractivity contribution in [3.63, 3.8) is 0 Å². The van der Waals surface area contributed by atoms with Crippen LogP contribution in [0.25, 0.3) is 21.9 Å². The molecule has 4 aliphatic carbocycles. The van der Waals surface area contributed by atoms with Gasteiger partial charge in [0.05, 0.1) is 19.3 Å². The van der Waals surface area contributed by atoms with Crippen molar-refractivity contribution >= 4 is 22.7 Å². The molecule has 0 heterocycles. The lowest BCUT2D eigenvalue weighted by Gasteiger charge is -2.57. The van der Waals surface area contributed by atoms with Gasteiger partial charge < -0.3 is 9.47 Å². The van der Waals surface area contributed by atoms with Gasteiger partial charge in [0.15, 0.2) is 0 Å². The van der Waals surface area contributed by atoms with Crippen LogP contribution in [0.3, 0.4) is 0 Å². The fourth-order valence-electron chi connectivity index (χ4n) is 7.94. The van der Waals surface area contributed by atoms with Crippen LogP contribution in [-0.2, 0) is 14.9 Å². The number of esters is 1.